The lowest BCUT2D eigenvalue weighted by molar-refractivity contribution is 0.0331. The Kier molecular flexibility index (Phi) is 6.49. The molecular formula is C12H26N2O3. The van der Waals surface area contributed by atoms with Crippen LogP contribution in [0.3, 0.4) is 0 Å². The molecule has 0 aromatic rings. The van der Waals surface area contributed by atoms with Gasteiger partial charge in [-0.1, -0.05) is 20.3 Å². The molecule has 0 aliphatic carbocycles. The number of hydrogen-bond acceptors (Lipinski definition) is 4. The molecule has 0 fully saturated rings. The Morgan fingerprint density at radius 2 is 1.88 bits per heavy atom. The molecule has 0 rings (SSSR count). The Bertz CT molecular complexity index is 230. The molecule has 0 aliphatic rings. The van der Waals surface area contributed by atoms with Gasteiger partial charge in [0, 0.05) is 12.0 Å². The highest BCUT2D eigenvalue weighted by Gasteiger charge is 2.25. The molecule has 3 N–H and O–H groups in total. The fourth-order valence-electron chi connectivity index (χ4n) is 1.62. The van der Waals surface area contributed by atoms with Crippen LogP contribution in [0.25, 0.3) is 0 Å². The van der Waals surface area contributed by atoms with Crippen molar-refractivity contribution in [1.29, 1.82) is 0 Å². The van der Waals surface area contributed by atoms with E-state index in [1.54, 1.807) is 0 Å². The van der Waals surface area contributed by atoms with Gasteiger partial charge in [-0.05, 0) is 27.2 Å². The van der Waals surface area contributed by atoms with E-state index in [4.69, 9.17) is 15.5 Å². The van der Waals surface area contributed by atoms with E-state index in [2.05, 4.69) is 12.2 Å². The van der Waals surface area contributed by atoms with Crippen molar-refractivity contribution in [2.24, 2.45) is 11.3 Å². The van der Waals surface area contributed by atoms with Gasteiger partial charge >= 0.3 is 6.09 Å². The average molecular weight is 246 g/mol. The van der Waals surface area contributed by atoms with E-state index in [1.165, 1.54) is 0 Å². The molecule has 5 heteroatoms. The first kappa shape index (κ1) is 16.2. The maximum Gasteiger partial charge on any atom is 0.407 e. The number of rotatable bonds is 6. The first-order chi connectivity index (χ1) is 7.72. The van der Waals surface area contributed by atoms with E-state index in [1.807, 2.05) is 27.7 Å². The zero-order valence-corrected chi connectivity index (χ0v) is 11.6. The summed E-state index contributed by atoms with van der Waals surface area (Å²) in [6, 6.07) is 0. The number of nitrogens with two attached hydrogens (primary N) is 1. The van der Waals surface area contributed by atoms with Gasteiger partial charge in [-0.15, -0.1) is 0 Å². The normalized spacial score (nSPS) is 15.2. The van der Waals surface area contributed by atoms with Crippen LogP contribution >= 0.6 is 0 Å². The zero-order chi connectivity index (χ0) is 13.5. The maximum absolute atomic E-state index is 11.5. The van der Waals surface area contributed by atoms with Gasteiger partial charge < -0.3 is 14.9 Å². The van der Waals surface area contributed by atoms with Crippen LogP contribution in [0.1, 0.15) is 47.5 Å². The molecule has 0 heterocycles. The van der Waals surface area contributed by atoms with Gasteiger partial charge in [0.15, 0.2) is 0 Å². The Morgan fingerprint density at radius 3 is 2.29 bits per heavy atom. The lowest BCUT2D eigenvalue weighted by Gasteiger charge is -2.29. The first-order valence-electron chi connectivity index (χ1n) is 6.01. The molecule has 1 atom stereocenters. The zero-order valence-electron chi connectivity index (χ0n) is 11.6. The minimum Gasteiger partial charge on any atom is -0.444 e. The van der Waals surface area contributed by atoms with Crippen molar-refractivity contribution in [3.8, 4) is 0 Å². The van der Waals surface area contributed by atoms with Crippen LogP contribution in [0.15, 0.2) is 0 Å². The van der Waals surface area contributed by atoms with Crippen molar-refractivity contribution in [2.75, 3.05) is 13.2 Å². The molecule has 0 saturated carbocycles. The van der Waals surface area contributed by atoms with Crippen LogP contribution in [0.2, 0.25) is 0 Å². The number of hydrogen-bond donors (Lipinski definition) is 2. The molecule has 0 spiro atoms. The largest absolute Gasteiger partial charge is 0.444 e. The predicted molar refractivity (Wildman–Crippen MR) is 67.4 cm³/mol. The topological polar surface area (TPSA) is 73.6 Å². The third-order valence-electron chi connectivity index (χ3n) is 2.34. The third kappa shape index (κ3) is 7.99. The second-order valence-electron chi connectivity index (χ2n) is 5.73. The number of carbonyl (C=O) groups excluding carboxylic acids is 1. The van der Waals surface area contributed by atoms with Gasteiger partial charge in [-0.25, -0.2) is 10.7 Å². The summed E-state index contributed by atoms with van der Waals surface area (Å²) in [5, 5.41) is 2.75. The van der Waals surface area contributed by atoms with Crippen molar-refractivity contribution in [3.63, 3.8) is 0 Å². The monoisotopic (exact) mass is 246 g/mol. The number of alkyl carbamates (subject to hydrolysis) is 1. The smallest absolute Gasteiger partial charge is 0.407 e. The number of nitrogens with one attached hydrogen (secondary N) is 1. The van der Waals surface area contributed by atoms with Gasteiger partial charge in [0.1, 0.15) is 5.60 Å². The lowest BCUT2D eigenvalue weighted by Crippen LogP contribution is -2.41. The van der Waals surface area contributed by atoms with E-state index in [9.17, 15) is 4.79 Å². The van der Waals surface area contributed by atoms with Crippen LogP contribution < -0.4 is 11.2 Å². The van der Waals surface area contributed by atoms with Crippen molar-refractivity contribution < 1.29 is 14.4 Å². The average Bonchev–Trinajstić information content (AvgIpc) is 2.13. The summed E-state index contributed by atoms with van der Waals surface area (Å²) in [7, 11) is 0. The highest BCUT2D eigenvalue weighted by molar-refractivity contribution is 5.67. The molecular weight excluding hydrogens is 220 g/mol. The van der Waals surface area contributed by atoms with E-state index < -0.39 is 11.7 Å². The molecule has 17 heavy (non-hydrogen) atoms. The predicted octanol–water partition coefficient (Wildman–Crippen LogP) is 2.21. The van der Waals surface area contributed by atoms with Crippen LogP contribution in [-0.4, -0.2) is 24.8 Å². The maximum atomic E-state index is 11.5. The first-order valence-corrected chi connectivity index (χ1v) is 6.01. The summed E-state index contributed by atoms with van der Waals surface area (Å²) in [6.07, 6.45) is 1.53. The molecule has 0 radical (unpaired) electrons. The molecule has 1 amide bonds. The Hall–Kier alpha value is -0.810. The van der Waals surface area contributed by atoms with Crippen LogP contribution in [0.5, 0.6) is 0 Å². The molecule has 102 valence electrons. The third-order valence-corrected chi connectivity index (χ3v) is 2.34. The van der Waals surface area contributed by atoms with Crippen molar-refractivity contribution in [3.05, 3.63) is 0 Å². The Labute approximate surface area is 104 Å². The molecule has 0 aromatic heterocycles. The van der Waals surface area contributed by atoms with Gasteiger partial charge in [-0.2, -0.15) is 0 Å². The summed E-state index contributed by atoms with van der Waals surface area (Å²) in [4.78, 5) is 16.2. The molecule has 1 unspecified atom stereocenters. The second-order valence-corrected chi connectivity index (χ2v) is 5.73. The lowest BCUT2D eigenvalue weighted by atomic mass is 9.86. The minimum atomic E-state index is -0.477. The Morgan fingerprint density at radius 1 is 1.29 bits per heavy atom. The van der Waals surface area contributed by atoms with E-state index in [-0.39, 0.29) is 5.41 Å². The fraction of sp³-hybridized carbons (Fsp3) is 0.917. The SMILES string of the molecule is CCCC(C)(CNC(=O)OC(C)(C)C)CON. The number of carbonyl (C=O) groups is 1. The van der Waals surface area contributed by atoms with Crippen LogP contribution in [0.4, 0.5) is 4.79 Å². The highest BCUT2D eigenvalue weighted by Crippen LogP contribution is 2.22. The van der Waals surface area contributed by atoms with Crippen molar-refractivity contribution in [2.45, 2.75) is 53.1 Å². The molecule has 0 aliphatic heterocycles. The van der Waals surface area contributed by atoms with E-state index in [0.29, 0.717) is 13.2 Å². The summed E-state index contributed by atoms with van der Waals surface area (Å²) >= 11 is 0. The van der Waals surface area contributed by atoms with Crippen molar-refractivity contribution >= 4 is 6.09 Å². The van der Waals surface area contributed by atoms with Gasteiger partial charge in [0.25, 0.3) is 0 Å². The van der Waals surface area contributed by atoms with E-state index >= 15 is 0 Å². The van der Waals surface area contributed by atoms with Crippen molar-refractivity contribution in [1.82, 2.24) is 5.32 Å². The van der Waals surface area contributed by atoms with Crippen LogP contribution in [-0.2, 0) is 9.57 Å². The molecule has 0 bridgehead atoms. The number of amides is 1. The summed E-state index contributed by atoms with van der Waals surface area (Å²) in [6.45, 7) is 10.5. The second kappa shape index (κ2) is 6.81. The summed E-state index contributed by atoms with van der Waals surface area (Å²) in [5.74, 6) is 5.11. The van der Waals surface area contributed by atoms with Gasteiger partial charge in [0.2, 0.25) is 0 Å². The highest BCUT2D eigenvalue weighted by atomic mass is 16.6. The standard InChI is InChI=1S/C12H26N2O3/c1-6-7-12(5,9-16-13)8-14-10(15)17-11(2,3)4/h6-9,13H2,1-5H3,(H,14,15). The number of ether oxygens (including phenoxy) is 1. The van der Waals surface area contributed by atoms with Crippen LogP contribution in [0, 0.1) is 5.41 Å². The van der Waals surface area contributed by atoms with Gasteiger partial charge in [-0.3, -0.25) is 0 Å². The quantitative estimate of drug-likeness (QED) is 0.705. The molecule has 0 aromatic carbocycles. The van der Waals surface area contributed by atoms with E-state index in [0.717, 1.165) is 12.8 Å². The fourth-order valence-corrected chi connectivity index (χ4v) is 1.62. The molecule has 0 saturated heterocycles. The summed E-state index contributed by atoms with van der Waals surface area (Å²) in [5.41, 5.74) is -0.629. The Balaban J connectivity index is 4.17. The summed E-state index contributed by atoms with van der Waals surface area (Å²) < 4.78 is 5.17. The minimum absolute atomic E-state index is 0.152. The molecule has 5 nitrogen and oxygen atoms in total. The van der Waals surface area contributed by atoms with Gasteiger partial charge in [0.05, 0.1) is 6.61 Å².